The number of aliphatic imine (C=N–C) groups is 1. The van der Waals surface area contributed by atoms with E-state index in [-0.39, 0.29) is 0 Å². The minimum Gasteiger partial charge on any atom is -0.357 e. The standard InChI is InChI=1S/C21H31N5S/c1-3-22-20(25-17-21(2)11-7-15-27-21)24-12-10-19-23-13-14-26(19)16-18-8-5-4-6-9-18/h4-6,8-9,13-14H,3,7,10-12,15-17H2,1-2H3,(H2,22,24,25). The van der Waals surface area contributed by atoms with Crippen molar-refractivity contribution in [1.29, 1.82) is 0 Å². The van der Waals surface area contributed by atoms with Gasteiger partial charge in [-0.05, 0) is 38.0 Å². The number of guanidine groups is 1. The topological polar surface area (TPSA) is 54.2 Å². The highest BCUT2D eigenvalue weighted by atomic mass is 32.2. The first-order valence-electron chi connectivity index (χ1n) is 9.88. The van der Waals surface area contributed by atoms with Crippen molar-refractivity contribution in [2.45, 2.75) is 44.4 Å². The van der Waals surface area contributed by atoms with Gasteiger partial charge in [0.1, 0.15) is 5.82 Å². The van der Waals surface area contributed by atoms with Gasteiger partial charge in [0.15, 0.2) is 5.96 Å². The molecule has 2 heterocycles. The van der Waals surface area contributed by atoms with Crippen LogP contribution < -0.4 is 10.6 Å². The number of rotatable bonds is 8. The lowest BCUT2D eigenvalue weighted by Crippen LogP contribution is -2.39. The SMILES string of the molecule is CCNC(=NCC1(C)CCCS1)NCCc1nccn1Cc1ccccc1. The molecule has 0 spiro atoms. The zero-order chi connectivity index (χ0) is 19.0. The molecule has 2 N–H and O–H groups in total. The first-order valence-corrected chi connectivity index (χ1v) is 10.9. The first kappa shape index (κ1) is 19.8. The summed E-state index contributed by atoms with van der Waals surface area (Å²) >= 11 is 2.05. The van der Waals surface area contributed by atoms with Crippen molar-refractivity contribution < 1.29 is 0 Å². The van der Waals surface area contributed by atoms with Gasteiger partial charge in [-0.2, -0.15) is 11.8 Å². The second-order valence-corrected chi connectivity index (χ2v) is 8.91. The molecule has 1 saturated heterocycles. The van der Waals surface area contributed by atoms with Crippen LogP contribution in [-0.2, 0) is 13.0 Å². The molecule has 0 bridgehead atoms. The highest BCUT2D eigenvalue weighted by molar-refractivity contribution is 8.00. The van der Waals surface area contributed by atoms with Crippen LogP contribution in [0.3, 0.4) is 0 Å². The molecule has 2 aromatic rings. The fraction of sp³-hybridized carbons (Fsp3) is 0.524. The van der Waals surface area contributed by atoms with E-state index in [4.69, 9.17) is 4.99 Å². The van der Waals surface area contributed by atoms with Crippen LogP contribution in [0.15, 0.2) is 47.7 Å². The number of nitrogens with one attached hydrogen (secondary N) is 2. The summed E-state index contributed by atoms with van der Waals surface area (Å²) in [6, 6.07) is 10.5. The number of aromatic nitrogens is 2. The Morgan fingerprint density at radius 1 is 1.30 bits per heavy atom. The Hall–Kier alpha value is -1.95. The largest absolute Gasteiger partial charge is 0.357 e. The van der Waals surface area contributed by atoms with Gasteiger partial charge in [-0.1, -0.05) is 30.3 Å². The fourth-order valence-electron chi connectivity index (χ4n) is 3.33. The Morgan fingerprint density at radius 3 is 2.89 bits per heavy atom. The normalized spacial score (nSPS) is 20.0. The summed E-state index contributed by atoms with van der Waals surface area (Å²) in [4.78, 5) is 9.36. The number of nitrogens with zero attached hydrogens (tertiary/aromatic N) is 3. The number of thioether (sulfide) groups is 1. The van der Waals surface area contributed by atoms with Gasteiger partial charge in [-0.15, -0.1) is 0 Å². The molecule has 0 saturated carbocycles. The molecular formula is C21H31N5S. The van der Waals surface area contributed by atoms with E-state index in [2.05, 4.69) is 76.3 Å². The van der Waals surface area contributed by atoms with Crippen LogP contribution in [-0.4, -0.2) is 45.6 Å². The zero-order valence-corrected chi connectivity index (χ0v) is 17.3. The highest BCUT2D eigenvalue weighted by Gasteiger charge is 2.29. The molecule has 1 aliphatic rings. The van der Waals surface area contributed by atoms with Gasteiger partial charge in [-0.25, -0.2) is 4.98 Å². The van der Waals surface area contributed by atoms with Crippen molar-refractivity contribution >= 4 is 17.7 Å². The fourth-order valence-corrected chi connectivity index (χ4v) is 4.56. The molecule has 1 aromatic heterocycles. The van der Waals surface area contributed by atoms with Crippen molar-refractivity contribution in [3.05, 3.63) is 54.1 Å². The quantitative estimate of drug-likeness (QED) is 0.541. The third-order valence-electron chi connectivity index (χ3n) is 4.85. The molecule has 3 rings (SSSR count). The van der Waals surface area contributed by atoms with E-state index in [1.165, 1.54) is 24.2 Å². The predicted octanol–water partition coefficient (Wildman–Crippen LogP) is 3.31. The van der Waals surface area contributed by atoms with Crippen molar-refractivity contribution in [3.8, 4) is 0 Å². The van der Waals surface area contributed by atoms with Crippen LogP contribution in [0.1, 0.15) is 38.1 Å². The second-order valence-electron chi connectivity index (χ2n) is 7.23. The molecule has 0 radical (unpaired) electrons. The van der Waals surface area contributed by atoms with Gasteiger partial charge in [0.25, 0.3) is 0 Å². The molecule has 1 unspecified atom stereocenters. The third kappa shape index (κ3) is 6.03. The smallest absolute Gasteiger partial charge is 0.191 e. The number of hydrogen-bond donors (Lipinski definition) is 2. The average Bonchev–Trinajstić information content (AvgIpc) is 3.30. The van der Waals surface area contributed by atoms with E-state index in [1.54, 1.807) is 0 Å². The minimum absolute atomic E-state index is 0.300. The molecule has 1 aromatic carbocycles. The summed E-state index contributed by atoms with van der Waals surface area (Å²) in [5, 5.41) is 6.83. The summed E-state index contributed by atoms with van der Waals surface area (Å²) in [6.07, 6.45) is 7.38. The number of benzene rings is 1. The van der Waals surface area contributed by atoms with Crippen LogP contribution in [0.2, 0.25) is 0 Å². The maximum Gasteiger partial charge on any atom is 0.191 e. The zero-order valence-electron chi connectivity index (χ0n) is 16.4. The maximum absolute atomic E-state index is 4.82. The van der Waals surface area contributed by atoms with Crippen LogP contribution in [0.25, 0.3) is 0 Å². The molecular weight excluding hydrogens is 354 g/mol. The summed E-state index contributed by atoms with van der Waals surface area (Å²) in [5.41, 5.74) is 1.29. The first-order chi connectivity index (χ1) is 13.2. The van der Waals surface area contributed by atoms with Gasteiger partial charge < -0.3 is 15.2 Å². The Bertz CT molecular complexity index is 719. The average molecular weight is 386 g/mol. The Balaban J connectivity index is 1.52. The second kappa shape index (κ2) is 9.83. The van der Waals surface area contributed by atoms with E-state index in [9.17, 15) is 0 Å². The summed E-state index contributed by atoms with van der Waals surface area (Å²) in [6.45, 7) is 7.86. The van der Waals surface area contributed by atoms with E-state index >= 15 is 0 Å². The molecule has 1 fully saturated rings. The van der Waals surface area contributed by atoms with E-state index < -0.39 is 0 Å². The van der Waals surface area contributed by atoms with Crippen molar-refractivity contribution in [2.75, 3.05) is 25.4 Å². The molecule has 5 nitrogen and oxygen atoms in total. The van der Waals surface area contributed by atoms with Crippen LogP contribution in [0.4, 0.5) is 0 Å². The summed E-state index contributed by atoms with van der Waals surface area (Å²) < 4.78 is 2.52. The van der Waals surface area contributed by atoms with Crippen LogP contribution >= 0.6 is 11.8 Å². The summed E-state index contributed by atoms with van der Waals surface area (Å²) in [7, 11) is 0. The number of imidazole rings is 1. The van der Waals surface area contributed by atoms with Crippen molar-refractivity contribution in [1.82, 2.24) is 20.2 Å². The Labute approximate surface area is 167 Å². The molecule has 1 aliphatic heterocycles. The lowest BCUT2D eigenvalue weighted by atomic mass is 10.1. The predicted molar refractivity (Wildman–Crippen MR) is 116 cm³/mol. The Morgan fingerprint density at radius 2 is 2.15 bits per heavy atom. The monoisotopic (exact) mass is 385 g/mol. The molecule has 6 heteroatoms. The highest BCUT2D eigenvalue weighted by Crippen LogP contribution is 2.37. The third-order valence-corrected chi connectivity index (χ3v) is 6.38. The Kier molecular flexibility index (Phi) is 7.21. The molecule has 1 atom stereocenters. The lowest BCUT2D eigenvalue weighted by Gasteiger charge is -2.21. The van der Waals surface area contributed by atoms with Gasteiger partial charge in [0.05, 0.1) is 6.54 Å². The van der Waals surface area contributed by atoms with Gasteiger partial charge in [0.2, 0.25) is 0 Å². The van der Waals surface area contributed by atoms with E-state index in [1.807, 2.05) is 12.3 Å². The van der Waals surface area contributed by atoms with E-state index in [0.29, 0.717) is 4.75 Å². The minimum atomic E-state index is 0.300. The van der Waals surface area contributed by atoms with Crippen LogP contribution in [0, 0.1) is 0 Å². The number of hydrogen-bond acceptors (Lipinski definition) is 3. The van der Waals surface area contributed by atoms with Gasteiger partial charge in [0, 0.05) is 43.2 Å². The molecule has 27 heavy (non-hydrogen) atoms. The van der Waals surface area contributed by atoms with Gasteiger partial charge >= 0.3 is 0 Å². The molecule has 0 amide bonds. The van der Waals surface area contributed by atoms with E-state index in [0.717, 1.165) is 44.4 Å². The van der Waals surface area contributed by atoms with Crippen LogP contribution in [0.5, 0.6) is 0 Å². The maximum atomic E-state index is 4.82. The molecule has 146 valence electrons. The summed E-state index contributed by atoms with van der Waals surface area (Å²) in [5.74, 6) is 3.27. The lowest BCUT2D eigenvalue weighted by molar-refractivity contribution is 0.613. The van der Waals surface area contributed by atoms with Gasteiger partial charge in [-0.3, -0.25) is 4.99 Å². The van der Waals surface area contributed by atoms with Crippen molar-refractivity contribution in [3.63, 3.8) is 0 Å². The molecule has 0 aliphatic carbocycles. The van der Waals surface area contributed by atoms with Crippen molar-refractivity contribution in [2.24, 2.45) is 4.99 Å².